The van der Waals surface area contributed by atoms with E-state index in [1.54, 1.807) is 12.3 Å². The van der Waals surface area contributed by atoms with Gasteiger partial charge in [0.25, 0.3) is 0 Å². The Morgan fingerprint density at radius 1 is 0.704 bits per heavy atom. The van der Waals surface area contributed by atoms with Gasteiger partial charge in [-0.05, 0) is 59.7 Å². The van der Waals surface area contributed by atoms with E-state index >= 15 is 0 Å². The quantitative estimate of drug-likeness (QED) is 0.445. The van der Waals surface area contributed by atoms with Crippen LogP contribution in [0.15, 0.2) is 83.5 Å². The zero-order valence-corrected chi connectivity index (χ0v) is 15.8. The fourth-order valence-corrected chi connectivity index (χ4v) is 3.02. The number of benzene rings is 1. The molecule has 0 saturated carbocycles. The standard InChI is InChI=1S/C22H13BrN4/c23-17-9-7-15(8-10-17)16-12-21(19-5-1-2-11-25-19)27-22(13-16)20-6-3-4-18(14-24)26-20/h1-13H. The van der Waals surface area contributed by atoms with Gasteiger partial charge in [-0.3, -0.25) is 4.98 Å². The van der Waals surface area contributed by atoms with Crippen LogP contribution in [0.2, 0.25) is 0 Å². The van der Waals surface area contributed by atoms with Crippen molar-refractivity contribution in [1.29, 1.82) is 5.26 Å². The van der Waals surface area contributed by atoms with Crippen molar-refractivity contribution in [1.82, 2.24) is 15.0 Å². The second-order valence-corrected chi connectivity index (χ2v) is 6.78. The van der Waals surface area contributed by atoms with Crippen molar-refractivity contribution < 1.29 is 0 Å². The van der Waals surface area contributed by atoms with E-state index in [0.717, 1.165) is 27.0 Å². The van der Waals surface area contributed by atoms with Gasteiger partial charge in [0.2, 0.25) is 0 Å². The normalized spacial score (nSPS) is 10.4. The predicted octanol–water partition coefficient (Wildman–Crippen LogP) is 5.51. The van der Waals surface area contributed by atoms with Crippen molar-refractivity contribution in [2.45, 2.75) is 0 Å². The Morgan fingerprint density at radius 3 is 2.15 bits per heavy atom. The van der Waals surface area contributed by atoms with Gasteiger partial charge in [0.15, 0.2) is 0 Å². The summed E-state index contributed by atoms with van der Waals surface area (Å²) in [5, 5.41) is 9.15. The highest BCUT2D eigenvalue weighted by atomic mass is 79.9. The minimum Gasteiger partial charge on any atom is -0.255 e. The second-order valence-electron chi connectivity index (χ2n) is 5.87. The van der Waals surface area contributed by atoms with Crippen LogP contribution in [0.4, 0.5) is 0 Å². The first-order valence-electron chi connectivity index (χ1n) is 8.30. The predicted molar refractivity (Wildman–Crippen MR) is 109 cm³/mol. The van der Waals surface area contributed by atoms with Crippen LogP contribution in [0.1, 0.15) is 5.69 Å². The number of pyridine rings is 3. The number of rotatable bonds is 3. The van der Waals surface area contributed by atoms with Crippen molar-refractivity contribution in [3.63, 3.8) is 0 Å². The molecule has 0 fully saturated rings. The molecular weight excluding hydrogens is 400 g/mol. The molecule has 0 atom stereocenters. The summed E-state index contributed by atoms with van der Waals surface area (Å²) in [7, 11) is 0. The van der Waals surface area contributed by atoms with Gasteiger partial charge >= 0.3 is 0 Å². The van der Waals surface area contributed by atoms with E-state index in [0.29, 0.717) is 17.1 Å². The Morgan fingerprint density at radius 2 is 1.44 bits per heavy atom. The monoisotopic (exact) mass is 412 g/mol. The Bertz CT molecular complexity index is 1130. The van der Waals surface area contributed by atoms with Crippen molar-refractivity contribution in [2.75, 3.05) is 0 Å². The molecule has 4 nitrogen and oxygen atoms in total. The average Bonchev–Trinajstić information content (AvgIpc) is 2.74. The van der Waals surface area contributed by atoms with Gasteiger partial charge in [0, 0.05) is 10.7 Å². The van der Waals surface area contributed by atoms with Gasteiger partial charge in [0.1, 0.15) is 11.8 Å². The number of halogens is 1. The summed E-state index contributed by atoms with van der Waals surface area (Å²) < 4.78 is 1.02. The van der Waals surface area contributed by atoms with E-state index in [2.05, 4.69) is 32.0 Å². The molecule has 0 N–H and O–H groups in total. The van der Waals surface area contributed by atoms with Crippen molar-refractivity contribution in [3.05, 3.63) is 89.2 Å². The van der Waals surface area contributed by atoms with Crippen LogP contribution in [0.5, 0.6) is 0 Å². The smallest absolute Gasteiger partial charge is 0.141 e. The van der Waals surface area contributed by atoms with E-state index in [9.17, 15) is 0 Å². The Balaban J connectivity index is 1.91. The summed E-state index contributed by atoms with van der Waals surface area (Å²) in [6, 6.07) is 25.3. The molecule has 3 aromatic heterocycles. The van der Waals surface area contributed by atoms with Crippen LogP contribution in [0.25, 0.3) is 33.9 Å². The second kappa shape index (κ2) is 7.48. The summed E-state index contributed by atoms with van der Waals surface area (Å²) >= 11 is 3.47. The van der Waals surface area contributed by atoms with Crippen molar-refractivity contribution in [3.8, 4) is 40.0 Å². The molecule has 4 rings (SSSR count). The maximum atomic E-state index is 9.15. The molecule has 128 valence electrons. The fourth-order valence-electron chi connectivity index (χ4n) is 2.76. The van der Waals surface area contributed by atoms with Gasteiger partial charge < -0.3 is 0 Å². The number of hydrogen-bond donors (Lipinski definition) is 0. The SMILES string of the molecule is N#Cc1cccc(-c2cc(-c3ccc(Br)cc3)cc(-c3ccccn3)n2)n1. The van der Waals surface area contributed by atoms with Gasteiger partial charge in [-0.2, -0.15) is 5.26 Å². The van der Waals surface area contributed by atoms with Crippen molar-refractivity contribution >= 4 is 15.9 Å². The summed E-state index contributed by atoms with van der Waals surface area (Å²) in [5.41, 5.74) is 5.35. The van der Waals surface area contributed by atoms with Crippen LogP contribution in [0, 0.1) is 11.3 Å². The first-order valence-corrected chi connectivity index (χ1v) is 9.09. The van der Waals surface area contributed by atoms with E-state index in [1.165, 1.54) is 0 Å². The van der Waals surface area contributed by atoms with Crippen LogP contribution in [-0.2, 0) is 0 Å². The third-order valence-corrected chi connectivity index (χ3v) is 4.58. The zero-order valence-electron chi connectivity index (χ0n) is 14.2. The molecular formula is C22H13BrN4. The Hall–Kier alpha value is -3.36. The number of hydrogen-bond acceptors (Lipinski definition) is 4. The first kappa shape index (κ1) is 17.1. The van der Waals surface area contributed by atoms with Gasteiger partial charge in [0.05, 0.1) is 22.8 Å². The summed E-state index contributed by atoms with van der Waals surface area (Å²) in [6.45, 7) is 0. The van der Waals surface area contributed by atoms with Gasteiger partial charge in [-0.1, -0.05) is 40.2 Å². The highest BCUT2D eigenvalue weighted by Crippen LogP contribution is 2.29. The Kier molecular flexibility index (Phi) is 4.73. The lowest BCUT2D eigenvalue weighted by Gasteiger charge is -2.09. The van der Waals surface area contributed by atoms with E-state index in [4.69, 9.17) is 10.2 Å². The lowest BCUT2D eigenvalue weighted by Crippen LogP contribution is -1.95. The van der Waals surface area contributed by atoms with Gasteiger partial charge in [-0.15, -0.1) is 0 Å². The molecule has 0 bridgehead atoms. The highest BCUT2D eigenvalue weighted by Gasteiger charge is 2.11. The number of nitrogens with zero attached hydrogens (tertiary/aromatic N) is 4. The molecule has 0 aliphatic rings. The minimum atomic E-state index is 0.364. The largest absolute Gasteiger partial charge is 0.255 e. The third-order valence-electron chi connectivity index (χ3n) is 4.06. The fraction of sp³-hybridized carbons (Fsp3) is 0. The lowest BCUT2D eigenvalue weighted by atomic mass is 10.0. The number of aromatic nitrogens is 3. The maximum absolute atomic E-state index is 9.15. The molecule has 0 unspecified atom stereocenters. The van der Waals surface area contributed by atoms with Crippen LogP contribution in [0.3, 0.4) is 0 Å². The first-order chi connectivity index (χ1) is 13.2. The van der Waals surface area contributed by atoms with Crippen LogP contribution < -0.4 is 0 Å². The zero-order chi connectivity index (χ0) is 18.6. The summed E-state index contributed by atoms with van der Waals surface area (Å²) in [4.78, 5) is 13.6. The van der Waals surface area contributed by atoms with Crippen LogP contribution >= 0.6 is 15.9 Å². The van der Waals surface area contributed by atoms with E-state index < -0.39 is 0 Å². The van der Waals surface area contributed by atoms with Gasteiger partial charge in [-0.25, -0.2) is 9.97 Å². The summed E-state index contributed by atoms with van der Waals surface area (Å²) in [5.74, 6) is 0. The maximum Gasteiger partial charge on any atom is 0.141 e. The molecule has 3 heterocycles. The molecule has 0 spiro atoms. The minimum absolute atomic E-state index is 0.364. The molecule has 1 aromatic carbocycles. The average molecular weight is 413 g/mol. The topological polar surface area (TPSA) is 62.5 Å². The molecule has 0 saturated heterocycles. The lowest BCUT2D eigenvalue weighted by molar-refractivity contribution is 1.20. The summed E-state index contributed by atoms with van der Waals surface area (Å²) in [6.07, 6.45) is 1.75. The molecule has 0 aliphatic heterocycles. The molecule has 0 amide bonds. The van der Waals surface area contributed by atoms with E-state index in [1.807, 2.05) is 66.7 Å². The molecule has 5 heteroatoms. The highest BCUT2D eigenvalue weighted by molar-refractivity contribution is 9.10. The Labute approximate surface area is 165 Å². The third kappa shape index (κ3) is 3.76. The van der Waals surface area contributed by atoms with E-state index in [-0.39, 0.29) is 0 Å². The molecule has 27 heavy (non-hydrogen) atoms. The van der Waals surface area contributed by atoms with Crippen molar-refractivity contribution in [2.24, 2.45) is 0 Å². The number of nitriles is 1. The molecule has 0 aliphatic carbocycles. The van der Waals surface area contributed by atoms with Crippen LogP contribution in [-0.4, -0.2) is 15.0 Å². The molecule has 0 radical (unpaired) electrons. The molecule has 4 aromatic rings.